The number of hydrogen-bond acceptors (Lipinski definition) is 7. The average molecular weight is 545 g/mol. The minimum Gasteiger partial charge on any atom is -0.444 e. The van der Waals surface area contributed by atoms with Gasteiger partial charge in [0.15, 0.2) is 0 Å². The number of nitrogens with zero attached hydrogens (tertiary/aromatic N) is 2. The van der Waals surface area contributed by atoms with Crippen LogP contribution in [0.15, 0.2) is 63.8 Å². The van der Waals surface area contributed by atoms with Crippen molar-refractivity contribution in [3.05, 3.63) is 70.5 Å². The molecule has 2 heterocycles. The van der Waals surface area contributed by atoms with Crippen LogP contribution >= 0.6 is 0 Å². The second-order valence-corrected chi connectivity index (χ2v) is 11.1. The van der Waals surface area contributed by atoms with Gasteiger partial charge in [0.25, 0.3) is 5.56 Å². The molecule has 2 aromatic carbocycles. The van der Waals surface area contributed by atoms with Gasteiger partial charge in [0.1, 0.15) is 16.7 Å². The molecule has 1 aliphatic rings. The zero-order valence-electron chi connectivity index (χ0n) is 23.7. The van der Waals surface area contributed by atoms with E-state index < -0.39 is 17.2 Å². The molecule has 4 aromatic rings. The molecule has 2 N–H and O–H groups in total. The maximum atomic E-state index is 13.8. The number of carbonyl (C=O) groups is 1. The minimum absolute atomic E-state index is 0.202. The molecular weight excluding hydrogens is 508 g/mol. The van der Waals surface area contributed by atoms with Gasteiger partial charge in [0.05, 0.1) is 18.7 Å². The number of aromatic nitrogens is 2. The average Bonchev–Trinajstić information content (AvgIpc) is 3.29. The third-order valence-corrected chi connectivity index (χ3v) is 7.26. The lowest BCUT2D eigenvalue weighted by molar-refractivity contribution is 0.0377. The van der Waals surface area contributed by atoms with Gasteiger partial charge >= 0.3 is 6.09 Å². The van der Waals surface area contributed by atoms with Crippen LogP contribution in [0.1, 0.15) is 45.6 Å². The number of benzene rings is 2. The Labute approximate surface area is 233 Å². The number of amides is 1. The summed E-state index contributed by atoms with van der Waals surface area (Å²) in [5, 5.41) is 6.53. The Bertz CT molecular complexity index is 1560. The summed E-state index contributed by atoms with van der Waals surface area (Å²) in [7, 11) is 3.32. The number of furan rings is 1. The van der Waals surface area contributed by atoms with Gasteiger partial charge in [-0.3, -0.25) is 9.36 Å². The number of hydrogen-bond donors (Lipinski definition) is 2. The van der Waals surface area contributed by atoms with Crippen LogP contribution in [0.2, 0.25) is 0 Å². The minimum atomic E-state index is -0.572. The smallest absolute Gasteiger partial charge is 0.408 e. The number of nitrogens with one attached hydrogen (secondary N) is 2. The molecule has 0 saturated heterocycles. The first-order valence-corrected chi connectivity index (χ1v) is 13.6. The molecule has 1 aliphatic carbocycles. The molecule has 1 saturated carbocycles. The molecule has 0 aliphatic heterocycles. The van der Waals surface area contributed by atoms with E-state index in [4.69, 9.17) is 13.9 Å². The molecule has 210 valence electrons. The van der Waals surface area contributed by atoms with Crippen LogP contribution in [0.4, 0.5) is 10.7 Å². The van der Waals surface area contributed by atoms with Crippen molar-refractivity contribution in [3.63, 3.8) is 0 Å². The van der Waals surface area contributed by atoms with Crippen molar-refractivity contribution in [3.8, 4) is 22.5 Å². The Morgan fingerprint density at radius 3 is 2.35 bits per heavy atom. The summed E-state index contributed by atoms with van der Waals surface area (Å²) in [5.74, 6) is 0.969. The number of alkyl carbamates (subject to hydrolysis) is 1. The summed E-state index contributed by atoms with van der Waals surface area (Å²) in [6, 6.07) is 17.7. The maximum absolute atomic E-state index is 13.8. The summed E-state index contributed by atoms with van der Waals surface area (Å²) in [6.07, 6.45) is 2.27. The zero-order chi connectivity index (χ0) is 28.5. The fourth-order valence-electron chi connectivity index (χ4n) is 5.20. The Morgan fingerprint density at radius 2 is 1.77 bits per heavy atom. The number of carbonyl (C=O) groups excluding carboxylic acids is 1. The van der Waals surface area contributed by atoms with Crippen molar-refractivity contribution < 1.29 is 18.7 Å². The van der Waals surface area contributed by atoms with Gasteiger partial charge in [0, 0.05) is 25.3 Å². The third-order valence-electron chi connectivity index (χ3n) is 7.26. The summed E-state index contributed by atoms with van der Waals surface area (Å²) >= 11 is 0. The fraction of sp³-hybridized carbons (Fsp3) is 0.387. The van der Waals surface area contributed by atoms with Crippen LogP contribution in [0.25, 0.3) is 33.6 Å². The Hall–Kier alpha value is -4.11. The molecule has 0 spiro atoms. The Kier molecular flexibility index (Phi) is 7.42. The van der Waals surface area contributed by atoms with Gasteiger partial charge in [0.2, 0.25) is 11.7 Å². The molecule has 1 amide bonds. The van der Waals surface area contributed by atoms with E-state index in [-0.39, 0.29) is 11.3 Å². The van der Waals surface area contributed by atoms with Crippen LogP contribution in [0.3, 0.4) is 0 Å². The van der Waals surface area contributed by atoms with Gasteiger partial charge in [-0.1, -0.05) is 54.6 Å². The predicted octanol–water partition coefficient (Wildman–Crippen LogP) is 5.92. The summed E-state index contributed by atoms with van der Waals surface area (Å²) in [6.45, 7) is 6.28. The van der Waals surface area contributed by atoms with Gasteiger partial charge in [-0.2, -0.15) is 4.98 Å². The Balaban J connectivity index is 1.59. The maximum Gasteiger partial charge on any atom is 0.408 e. The standard InChI is InChI=1S/C31H36N4O5/c1-30(2,3)40-29(37)34-31(16-9-17-31)22-14-12-21(13-15-22)25-23(20-10-7-6-8-11-20)24-26(39-25)33-28(32-4)35(27(24)36)18-19-38-5/h6-8,10-15H,9,16-19H2,1-5H3,(H,32,33)(H,34,37). The molecule has 1 fully saturated rings. The largest absolute Gasteiger partial charge is 0.444 e. The molecular formula is C31H36N4O5. The van der Waals surface area contributed by atoms with Crippen LogP contribution in [-0.4, -0.2) is 42.0 Å². The second-order valence-electron chi connectivity index (χ2n) is 11.1. The fourth-order valence-corrected chi connectivity index (χ4v) is 5.20. The number of fused-ring (bicyclic) bond motifs is 1. The molecule has 40 heavy (non-hydrogen) atoms. The number of rotatable bonds is 8. The zero-order valence-corrected chi connectivity index (χ0v) is 23.7. The number of anilines is 1. The van der Waals surface area contributed by atoms with E-state index in [0.29, 0.717) is 35.8 Å². The highest BCUT2D eigenvalue weighted by atomic mass is 16.6. The highest BCUT2D eigenvalue weighted by Gasteiger charge is 2.41. The molecule has 0 unspecified atom stereocenters. The van der Waals surface area contributed by atoms with Gasteiger partial charge in [-0.15, -0.1) is 0 Å². The van der Waals surface area contributed by atoms with Crippen LogP contribution < -0.4 is 16.2 Å². The summed E-state index contributed by atoms with van der Waals surface area (Å²) in [4.78, 5) is 31.1. The molecule has 2 aromatic heterocycles. The van der Waals surface area contributed by atoms with Crippen LogP contribution in [0.5, 0.6) is 0 Å². The highest BCUT2D eigenvalue weighted by Crippen LogP contribution is 2.44. The van der Waals surface area contributed by atoms with Crippen LogP contribution in [-0.2, 0) is 21.6 Å². The van der Waals surface area contributed by atoms with E-state index in [2.05, 4.69) is 15.6 Å². The van der Waals surface area contributed by atoms with Crippen molar-refractivity contribution in [2.75, 3.05) is 26.1 Å². The lowest BCUT2D eigenvalue weighted by atomic mass is 9.71. The predicted molar refractivity (Wildman–Crippen MR) is 155 cm³/mol. The lowest BCUT2D eigenvalue weighted by Gasteiger charge is -2.43. The van der Waals surface area contributed by atoms with E-state index >= 15 is 0 Å². The van der Waals surface area contributed by atoms with Crippen molar-refractivity contribution in [2.24, 2.45) is 0 Å². The topological polar surface area (TPSA) is 108 Å². The first kappa shape index (κ1) is 27.5. The number of ether oxygens (including phenoxy) is 2. The summed E-state index contributed by atoms with van der Waals surface area (Å²) in [5.41, 5.74) is 2.39. The second kappa shape index (κ2) is 10.8. The van der Waals surface area contributed by atoms with E-state index in [0.717, 1.165) is 36.0 Å². The monoisotopic (exact) mass is 544 g/mol. The molecule has 9 heteroatoms. The van der Waals surface area contributed by atoms with E-state index in [1.807, 2.05) is 75.4 Å². The normalized spacial score (nSPS) is 14.5. The van der Waals surface area contributed by atoms with Crippen molar-refractivity contribution in [1.29, 1.82) is 0 Å². The first-order chi connectivity index (χ1) is 19.2. The SMILES string of the molecule is CNc1nc2oc(-c3ccc(C4(NC(=O)OC(C)(C)C)CCC4)cc3)c(-c3ccccc3)c2c(=O)n1CCOC. The molecule has 0 radical (unpaired) electrons. The van der Waals surface area contributed by atoms with E-state index in [9.17, 15) is 9.59 Å². The van der Waals surface area contributed by atoms with Gasteiger partial charge in [-0.25, -0.2) is 4.79 Å². The molecule has 9 nitrogen and oxygen atoms in total. The van der Waals surface area contributed by atoms with Crippen molar-refractivity contribution >= 4 is 23.1 Å². The van der Waals surface area contributed by atoms with E-state index in [1.165, 1.54) is 0 Å². The highest BCUT2D eigenvalue weighted by molar-refractivity contribution is 6.00. The van der Waals surface area contributed by atoms with Crippen LogP contribution in [0, 0.1) is 0 Å². The van der Waals surface area contributed by atoms with Crippen molar-refractivity contribution in [2.45, 2.75) is 57.7 Å². The lowest BCUT2D eigenvalue weighted by Crippen LogP contribution is -2.52. The molecule has 5 rings (SSSR count). The van der Waals surface area contributed by atoms with Crippen molar-refractivity contribution in [1.82, 2.24) is 14.9 Å². The molecule has 0 atom stereocenters. The quantitative estimate of drug-likeness (QED) is 0.284. The van der Waals surface area contributed by atoms with Gasteiger partial charge in [-0.05, 0) is 51.2 Å². The summed E-state index contributed by atoms with van der Waals surface area (Å²) < 4.78 is 18.7. The van der Waals surface area contributed by atoms with E-state index in [1.54, 1.807) is 18.7 Å². The number of methoxy groups -OCH3 is 1. The first-order valence-electron chi connectivity index (χ1n) is 13.6. The third kappa shape index (κ3) is 5.21. The van der Waals surface area contributed by atoms with Gasteiger partial charge < -0.3 is 24.5 Å². The Morgan fingerprint density at radius 1 is 1.07 bits per heavy atom. The molecule has 0 bridgehead atoms.